The van der Waals surface area contributed by atoms with Crippen LogP contribution in [-0.4, -0.2) is 43.4 Å². The number of amides is 1. The lowest BCUT2D eigenvalue weighted by atomic mass is 9.96. The van der Waals surface area contributed by atoms with Gasteiger partial charge < -0.3 is 4.90 Å². The van der Waals surface area contributed by atoms with E-state index in [-0.39, 0.29) is 11.5 Å². The predicted octanol–water partition coefficient (Wildman–Crippen LogP) is 2.55. The van der Waals surface area contributed by atoms with E-state index < -0.39 is 0 Å². The summed E-state index contributed by atoms with van der Waals surface area (Å²) in [7, 11) is 0. The third kappa shape index (κ3) is 4.76. The monoisotopic (exact) mass is 409 g/mol. The second-order valence-electron chi connectivity index (χ2n) is 7.35. The van der Waals surface area contributed by atoms with E-state index >= 15 is 0 Å². The van der Waals surface area contributed by atoms with Crippen LogP contribution in [0.1, 0.15) is 22.7 Å². The molecule has 0 atom stereocenters. The summed E-state index contributed by atoms with van der Waals surface area (Å²) in [4.78, 5) is 40.7. The zero-order valence-electron chi connectivity index (χ0n) is 16.3. The summed E-state index contributed by atoms with van der Waals surface area (Å²) in [6, 6.07) is 5.28. The lowest BCUT2D eigenvalue weighted by Crippen LogP contribution is -2.40. The van der Waals surface area contributed by atoms with Crippen molar-refractivity contribution in [3.8, 4) is 11.3 Å². The SMILES string of the molecule is Cc1ncc(CC(=O)N2CCC(Cn3cnc(-c4cccnc4)cc3=O)CC2)s1. The van der Waals surface area contributed by atoms with Gasteiger partial charge in [-0.1, -0.05) is 0 Å². The van der Waals surface area contributed by atoms with E-state index in [4.69, 9.17) is 0 Å². The Labute approximate surface area is 173 Å². The number of carbonyl (C=O) groups is 1. The van der Waals surface area contributed by atoms with Crippen LogP contribution in [0.15, 0.2) is 47.9 Å². The fraction of sp³-hybridized carbons (Fsp3) is 0.381. The summed E-state index contributed by atoms with van der Waals surface area (Å²) in [5, 5.41) is 0.986. The van der Waals surface area contributed by atoms with Crippen LogP contribution in [0.25, 0.3) is 11.3 Å². The van der Waals surface area contributed by atoms with Gasteiger partial charge in [0, 0.05) is 54.7 Å². The molecule has 1 aliphatic rings. The molecule has 1 saturated heterocycles. The molecule has 8 heteroatoms. The third-order valence-corrected chi connectivity index (χ3v) is 6.17. The second kappa shape index (κ2) is 8.65. The van der Waals surface area contributed by atoms with Crippen LogP contribution in [0.5, 0.6) is 0 Å². The van der Waals surface area contributed by atoms with Gasteiger partial charge in [-0.15, -0.1) is 11.3 Å². The van der Waals surface area contributed by atoms with Gasteiger partial charge in [0.15, 0.2) is 0 Å². The summed E-state index contributed by atoms with van der Waals surface area (Å²) in [6.45, 7) is 4.05. The molecule has 1 aliphatic heterocycles. The van der Waals surface area contributed by atoms with Gasteiger partial charge in [-0.2, -0.15) is 0 Å². The van der Waals surface area contributed by atoms with E-state index in [1.807, 2.05) is 24.0 Å². The Hall–Kier alpha value is -2.87. The minimum Gasteiger partial charge on any atom is -0.342 e. The lowest BCUT2D eigenvalue weighted by molar-refractivity contribution is -0.131. The Balaban J connectivity index is 1.32. The normalized spacial score (nSPS) is 14.9. The van der Waals surface area contributed by atoms with Crippen molar-refractivity contribution in [3.63, 3.8) is 0 Å². The highest BCUT2D eigenvalue weighted by molar-refractivity contribution is 7.11. The van der Waals surface area contributed by atoms with Gasteiger partial charge in [0.05, 0.1) is 23.4 Å². The fourth-order valence-corrected chi connectivity index (χ4v) is 4.41. The van der Waals surface area contributed by atoms with Crippen LogP contribution in [0.3, 0.4) is 0 Å². The first-order valence-corrected chi connectivity index (χ1v) is 10.6. The summed E-state index contributed by atoms with van der Waals surface area (Å²) in [5.74, 6) is 0.528. The molecule has 0 saturated carbocycles. The molecule has 3 aromatic heterocycles. The molecular formula is C21H23N5O2S. The topological polar surface area (TPSA) is 81.0 Å². The van der Waals surface area contributed by atoms with Crippen LogP contribution in [0, 0.1) is 12.8 Å². The van der Waals surface area contributed by atoms with Gasteiger partial charge in [0.2, 0.25) is 5.91 Å². The number of thiazole rings is 1. The first-order chi connectivity index (χ1) is 14.1. The smallest absolute Gasteiger partial charge is 0.253 e. The predicted molar refractivity (Wildman–Crippen MR) is 112 cm³/mol. The number of hydrogen-bond donors (Lipinski definition) is 0. The van der Waals surface area contributed by atoms with Crippen molar-refractivity contribution >= 4 is 17.2 Å². The van der Waals surface area contributed by atoms with Gasteiger partial charge in [-0.05, 0) is 37.8 Å². The zero-order valence-corrected chi connectivity index (χ0v) is 17.1. The Bertz CT molecular complexity index is 1040. The molecule has 0 aromatic carbocycles. The molecular weight excluding hydrogens is 386 g/mol. The second-order valence-corrected chi connectivity index (χ2v) is 8.67. The van der Waals surface area contributed by atoms with E-state index in [9.17, 15) is 9.59 Å². The number of pyridine rings is 1. The number of nitrogens with zero attached hydrogens (tertiary/aromatic N) is 5. The summed E-state index contributed by atoms with van der Waals surface area (Å²) < 4.78 is 1.67. The molecule has 150 valence electrons. The van der Waals surface area contributed by atoms with Gasteiger partial charge in [0.1, 0.15) is 0 Å². The Morgan fingerprint density at radius 1 is 1.24 bits per heavy atom. The maximum Gasteiger partial charge on any atom is 0.253 e. The molecule has 1 amide bonds. The molecule has 3 aromatic rings. The number of rotatable bonds is 5. The molecule has 0 N–H and O–H groups in total. The molecule has 1 fully saturated rings. The van der Waals surface area contributed by atoms with Crippen molar-refractivity contribution in [3.05, 3.63) is 63.4 Å². The summed E-state index contributed by atoms with van der Waals surface area (Å²) in [5.41, 5.74) is 1.41. The van der Waals surface area contributed by atoms with E-state index in [1.165, 1.54) is 0 Å². The number of piperidine rings is 1. The summed E-state index contributed by atoms with van der Waals surface area (Å²) in [6.07, 6.45) is 9.02. The van der Waals surface area contributed by atoms with Gasteiger partial charge >= 0.3 is 0 Å². The van der Waals surface area contributed by atoms with E-state index in [0.717, 1.165) is 41.4 Å². The van der Waals surface area contributed by atoms with Crippen LogP contribution >= 0.6 is 11.3 Å². The molecule has 0 unspecified atom stereocenters. The van der Waals surface area contributed by atoms with Crippen LogP contribution in [-0.2, 0) is 17.8 Å². The molecule has 0 radical (unpaired) electrons. The van der Waals surface area contributed by atoms with Crippen molar-refractivity contribution in [1.82, 2.24) is 24.4 Å². The highest BCUT2D eigenvalue weighted by atomic mass is 32.1. The van der Waals surface area contributed by atoms with E-state index in [2.05, 4.69) is 15.0 Å². The Kier molecular flexibility index (Phi) is 5.80. The Morgan fingerprint density at radius 2 is 2.07 bits per heavy atom. The van der Waals surface area contributed by atoms with Crippen molar-refractivity contribution in [2.24, 2.45) is 5.92 Å². The number of aromatic nitrogens is 4. The first-order valence-electron chi connectivity index (χ1n) is 9.74. The minimum absolute atomic E-state index is 0.0575. The Morgan fingerprint density at radius 3 is 2.72 bits per heavy atom. The average molecular weight is 410 g/mol. The molecule has 4 heterocycles. The third-order valence-electron chi connectivity index (χ3n) is 5.25. The maximum absolute atomic E-state index is 12.5. The van der Waals surface area contributed by atoms with Crippen LogP contribution < -0.4 is 5.56 Å². The van der Waals surface area contributed by atoms with Gasteiger partial charge in [0.25, 0.3) is 5.56 Å². The minimum atomic E-state index is -0.0575. The van der Waals surface area contributed by atoms with Gasteiger partial charge in [-0.3, -0.25) is 19.1 Å². The maximum atomic E-state index is 12.5. The number of likely N-dealkylation sites (tertiary alicyclic amines) is 1. The highest BCUT2D eigenvalue weighted by Crippen LogP contribution is 2.21. The fourth-order valence-electron chi connectivity index (χ4n) is 3.63. The molecule has 29 heavy (non-hydrogen) atoms. The van der Waals surface area contributed by atoms with Crippen LogP contribution in [0.4, 0.5) is 0 Å². The van der Waals surface area contributed by atoms with E-state index in [1.54, 1.807) is 46.9 Å². The molecule has 0 aliphatic carbocycles. The van der Waals surface area contributed by atoms with Crippen molar-refractivity contribution < 1.29 is 4.79 Å². The lowest BCUT2D eigenvalue weighted by Gasteiger charge is -2.32. The molecule has 0 spiro atoms. The molecule has 7 nitrogen and oxygen atoms in total. The van der Waals surface area contributed by atoms with Gasteiger partial charge in [-0.25, -0.2) is 9.97 Å². The largest absolute Gasteiger partial charge is 0.342 e. The zero-order chi connectivity index (χ0) is 20.2. The highest BCUT2D eigenvalue weighted by Gasteiger charge is 2.23. The molecule has 4 rings (SSSR count). The number of carbonyl (C=O) groups excluding carboxylic acids is 1. The van der Waals surface area contributed by atoms with Crippen molar-refractivity contribution in [2.45, 2.75) is 32.7 Å². The number of aryl methyl sites for hydroxylation is 1. The number of hydrogen-bond acceptors (Lipinski definition) is 6. The van der Waals surface area contributed by atoms with E-state index in [0.29, 0.717) is 24.6 Å². The average Bonchev–Trinajstić information content (AvgIpc) is 3.15. The van der Waals surface area contributed by atoms with Crippen molar-refractivity contribution in [1.29, 1.82) is 0 Å². The summed E-state index contributed by atoms with van der Waals surface area (Å²) >= 11 is 1.58. The quantitative estimate of drug-likeness (QED) is 0.647. The molecule has 0 bridgehead atoms. The van der Waals surface area contributed by atoms with Crippen molar-refractivity contribution in [2.75, 3.05) is 13.1 Å². The first kappa shape index (κ1) is 19.4. The van der Waals surface area contributed by atoms with Crippen LogP contribution in [0.2, 0.25) is 0 Å². The standard InChI is InChI=1S/C21H23N5O2S/c1-15-23-12-18(29-15)9-20(27)25-7-4-16(5-8-25)13-26-14-24-19(10-21(26)28)17-3-2-6-22-11-17/h2-3,6,10-12,14,16H,4-5,7-9,13H2,1H3.